The summed E-state index contributed by atoms with van der Waals surface area (Å²) in [5.41, 5.74) is 7.38. The van der Waals surface area contributed by atoms with Gasteiger partial charge in [0.05, 0.1) is 13.5 Å². The third-order valence-electron chi connectivity index (χ3n) is 2.47. The van der Waals surface area contributed by atoms with E-state index in [1.165, 1.54) is 7.11 Å². The minimum atomic E-state index is -0.249. The van der Waals surface area contributed by atoms with Crippen molar-refractivity contribution in [3.8, 4) is 0 Å². The summed E-state index contributed by atoms with van der Waals surface area (Å²) in [7, 11) is 1.38. The number of nitrogen functional groups attached to an aromatic ring is 1. The number of rotatable bonds is 4. The first-order chi connectivity index (χ1) is 8.67. The van der Waals surface area contributed by atoms with Crippen LogP contribution in [0.3, 0.4) is 0 Å². The van der Waals surface area contributed by atoms with Crippen LogP contribution >= 0.6 is 0 Å². The van der Waals surface area contributed by atoms with Crippen LogP contribution in [0.5, 0.6) is 0 Å². The number of aromatic nitrogens is 2. The van der Waals surface area contributed by atoms with Gasteiger partial charge in [-0.15, -0.1) is 0 Å². The molecule has 0 aliphatic carbocycles. The number of hydrogen-bond acceptors (Lipinski definition) is 5. The zero-order valence-corrected chi connectivity index (χ0v) is 11.1. The molecular formula is C12H14ClN3O3. The van der Waals surface area contributed by atoms with E-state index in [0.29, 0.717) is 6.54 Å². The van der Waals surface area contributed by atoms with E-state index in [0.717, 1.165) is 11.1 Å². The van der Waals surface area contributed by atoms with E-state index in [1.807, 2.05) is 24.3 Å². The van der Waals surface area contributed by atoms with Crippen molar-refractivity contribution in [3.63, 3.8) is 0 Å². The maximum Gasteiger partial charge on any atom is 0.309 e. The monoisotopic (exact) mass is 283 g/mol. The lowest BCUT2D eigenvalue weighted by Crippen LogP contribution is -3.00. The summed E-state index contributed by atoms with van der Waals surface area (Å²) in [6.45, 7) is 0.569. The molecular weight excluding hydrogens is 270 g/mol. The molecule has 0 radical (unpaired) electrons. The van der Waals surface area contributed by atoms with Gasteiger partial charge in [-0.1, -0.05) is 24.3 Å². The zero-order chi connectivity index (χ0) is 13.0. The van der Waals surface area contributed by atoms with Gasteiger partial charge in [-0.3, -0.25) is 9.32 Å². The van der Waals surface area contributed by atoms with Crippen molar-refractivity contribution in [2.75, 3.05) is 12.8 Å². The largest absolute Gasteiger partial charge is 1.00 e. The van der Waals surface area contributed by atoms with Crippen LogP contribution in [-0.2, 0) is 22.5 Å². The molecule has 19 heavy (non-hydrogen) atoms. The highest BCUT2D eigenvalue weighted by atomic mass is 35.5. The van der Waals surface area contributed by atoms with Gasteiger partial charge in [0.15, 0.2) is 0 Å². The SMILES string of the molecule is COC(=O)Cc1ccc(C[n+]2cc(N)on2)cc1.[Cl-]. The number of hydrogen-bond donors (Lipinski definition) is 1. The van der Waals surface area contributed by atoms with Crippen LogP contribution in [0.15, 0.2) is 35.0 Å². The van der Waals surface area contributed by atoms with Crippen molar-refractivity contribution >= 4 is 11.9 Å². The highest BCUT2D eigenvalue weighted by molar-refractivity contribution is 5.72. The number of halogens is 1. The van der Waals surface area contributed by atoms with Crippen LogP contribution in [0.4, 0.5) is 5.88 Å². The predicted molar refractivity (Wildman–Crippen MR) is 62.4 cm³/mol. The average Bonchev–Trinajstić information content (AvgIpc) is 2.77. The Balaban J connectivity index is 0.00000180. The molecule has 2 rings (SSSR count). The van der Waals surface area contributed by atoms with Crippen molar-refractivity contribution < 1.29 is 31.1 Å². The summed E-state index contributed by atoms with van der Waals surface area (Å²) < 4.78 is 11.0. The zero-order valence-electron chi connectivity index (χ0n) is 10.4. The maximum absolute atomic E-state index is 11.1. The maximum atomic E-state index is 11.1. The Labute approximate surface area is 116 Å². The normalized spacial score (nSPS) is 9.74. The van der Waals surface area contributed by atoms with Crippen molar-refractivity contribution in [3.05, 3.63) is 41.6 Å². The number of anilines is 1. The van der Waals surface area contributed by atoms with Crippen LogP contribution in [-0.4, -0.2) is 18.4 Å². The van der Waals surface area contributed by atoms with E-state index < -0.39 is 0 Å². The van der Waals surface area contributed by atoms with Gasteiger partial charge < -0.3 is 22.9 Å². The average molecular weight is 284 g/mol. The summed E-state index contributed by atoms with van der Waals surface area (Å²) in [5.74, 6) is 0.0266. The van der Waals surface area contributed by atoms with Gasteiger partial charge in [0.1, 0.15) is 0 Å². The molecule has 0 atom stereocenters. The van der Waals surface area contributed by atoms with Crippen molar-refractivity contribution in [1.82, 2.24) is 5.27 Å². The molecule has 0 saturated carbocycles. The summed E-state index contributed by atoms with van der Waals surface area (Å²) in [6.07, 6.45) is 1.89. The minimum Gasteiger partial charge on any atom is -1.00 e. The number of methoxy groups -OCH3 is 1. The summed E-state index contributed by atoms with van der Waals surface area (Å²) in [4.78, 5) is 11.1. The minimum absolute atomic E-state index is 0. The Morgan fingerprint density at radius 2 is 2.00 bits per heavy atom. The highest BCUT2D eigenvalue weighted by Gasteiger charge is 2.10. The van der Waals surface area contributed by atoms with Crippen molar-refractivity contribution in [2.24, 2.45) is 0 Å². The van der Waals surface area contributed by atoms with Crippen LogP contribution < -0.4 is 22.8 Å². The highest BCUT2D eigenvalue weighted by Crippen LogP contribution is 2.06. The molecule has 0 saturated heterocycles. The van der Waals surface area contributed by atoms with Crippen molar-refractivity contribution in [2.45, 2.75) is 13.0 Å². The van der Waals surface area contributed by atoms with E-state index in [4.69, 9.17) is 10.3 Å². The van der Waals surface area contributed by atoms with Crippen molar-refractivity contribution in [1.29, 1.82) is 0 Å². The lowest BCUT2D eigenvalue weighted by molar-refractivity contribution is -0.754. The predicted octanol–water partition coefficient (Wildman–Crippen LogP) is -2.69. The van der Waals surface area contributed by atoms with Gasteiger partial charge in [-0.2, -0.15) is 0 Å². The van der Waals surface area contributed by atoms with Gasteiger partial charge >= 0.3 is 5.97 Å². The molecule has 1 aromatic carbocycles. The Bertz CT molecular complexity index is 539. The first kappa shape index (κ1) is 15.0. The molecule has 0 spiro atoms. The topological polar surface area (TPSA) is 82.2 Å². The number of benzene rings is 1. The molecule has 2 N–H and O–H groups in total. The molecule has 7 heteroatoms. The van der Waals surface area contributed by atoms with E-state index in [2.05, 4.69) is 10.0 Å². The summed E-state index contributed by atoms with van der Waals surface area (Å²) >= 11 is 0. The number of esters is 1. The van der Waals surface area contributed by atoms with Gasteiger partial charge in [0.25, 0.3) is 12.1 Å². The second kappa shape index (κ2) is 6.75. The van der Waals surface area contributed by atoms with Gasteiger partial charge in [0, 0.05) is 5.56 Å². The van der Waals surface area contributed by atoms with Crippen LogP contribution in [0.25, 0.3) is 0 Å². The number of carbonyl (C=O) groups is 1. The molecule has 0 aliphatic heterocycles. The van der Waals surface area contributed by atoms with Gasteiger partial charge in [-0.25, -0.2) is 0 Å². The number of ether oxygens (including phenoxy) is 1. The molecule has 6 nitrogen and oxygen atoms in total. The first-order valence-electron chi connectivity index (χ1n) is 5.44. The second-order valence-electron chi connectivity index (χ2n) is 3.87. The van der Waals surface area contributed by atoms with E-state index in [9.17, 15) is 4.79 Å². The van der Waals surface area contributed by atoms with Crippen LogP contribution in [0, 0.1) is 0 Å². The van der Waals surface area contributed by atoms with Gasteiger partial charge in [-0.05, 0) is 10.2 Å². The Morgan fingerprint density at radius 1 is 1.37 bits per heavy atom. The number of nitrogens with two attached hydrogens (primary N) is 1. The second-order valence-corrected chi connectivity index (χ2v) is 3.87. The Kier molecular flexibility index (Phi) is 5.32. The molecule has 1 heterocycles. The van der Waals surface area contributed by atoms with E-state index in [1.54, 1.807) is 10.9 Å². The number of nitrogens with zero attached hydrogens (tertiary/aromatic N) is 2. The molecule has 0 fully saturated rings. The lowest BCUT2D eigenvalue weighted by Gasteiger charge is -2.00. The molecule has 102 valence electrons. The molecule has 2 aromatic rings. The quantitative estimate of drug-likeness (QED) is 0.488. The standard InChI is InChI=1S/C12H14N3O3.ClH/c1-17-12(16)6-9-2-4-10(5-3-9)7-15-8-11(13)18-14-15;/h2-5,8H,6-7,13H2,1H3;1H/q+1;/p-1. The summed E-state index contributed by atoms with van der Waals surface area (Å²) in [6, 6.07) is 7.62. The summed E-state index contributed by atoms with van der Waals surface area (Å²) in [5, 5.41) is 3.74. The van der Waals surface area contributed by atoms with E-state index >= 15 is 0 Å². The van der Waals surface area contributed by atoms with Gasteiger partial charge in [0.2, 0.25) is 11.8 Å². The lowest BCUT2D eigenvalue weighted by atomic mass is 10.1. The molecule has 0 unspecified atom stereocenters. The Hall–Kier alpha value is -2.08. The fourth-order valence-corrected chi connectivity index (χ4v) is 1.56. The smallest absolute Gasteiger partial charge is 0.309 e. The third kappa shape index (κ3) is 4.26. The molecule has 0 bridgehead atoms. The Morgan fingerprint density at radius 3 is 2.53 bits per heavy atom. The van der Waals surface area contributed by atoms with E-state index in [-0.39, 0.29) is 30.7 Å². The molecule has 0 amide bonds. The number of carbonyl (C=O) groups excluding carboxylic acids is 1. The fraction of sp³-hybridized carbons (Fsp3) is 0.250. The van der Waals surface area contributed by atoms with Crippen LogP contribution in [0.1, 0.15) is 11.1 Å². The molecule has 0 aliphatic rings. The third-order valence-corrected chi connectivity index (χ3v) is 2.47. The fourth-order valence-electron chi connectivity index (χ4n) is 1.56. The first-order valence-corrected chi connectivity index (χ1v) is 5.44. The van der Waals surface area contributed by atoms with Crippen LogP contribution in [0.2, 0.25) is 0 Å². The molecule has 1 aromatic heterocycles.